The summed E-state index contributed by atoms with van der Waals surface area (Å²) in [7, 11) is -4.04. The molecule has 0 fully saturated rings. The number of anilines is 1. The Morgan fingerprint density at radius 2 is 1.80 bits per heavy atom. The maximum Gasteiger partial charge on any atom is 0.266 e. The van der Waals surface area contributed by atoms with Gasteiger partial charge < -0.3 is 14.0 Å². The van der Waals surface area contributed by atoms with Crippen LogP contribution in [-0.2, 0) is 34.4 Å². The molecule has 41 heavy (non-hydrogen) atoms. The largest absolute Gasteiger partial charge is 0.488 e. The summed E-state index contributed by atoms with van der Waals surface area (Å²) >= 11 is 0. The molecule has 10 heteroatoms. The highest BCUT2D eigenvalue weighted by atomic mass is 32.2. The van der Waals surface area contributed by atoms with E-state index in [1.54, 1.807) is 26.1 Å². The first-order valence-corrected chi connectivity index (χ1v) is 14.9. The number of benzene rings is 2. The van der Waals surface area contributed by atoms with Crippen LogP contribution in [0.25, 0.3) is 22.2 Å². The normalized spacial score (nSPS) is 11.6. The van der Waals surface area contributed by atoms with E-state index in [1.807, 2.05) is 55.5 Å². The summed E-state index contributed by atoms with van der Waals surface area (Å²) in [6.45, 7) is 8.56. The number of aryl methyl sites for hydroxylation is 2. The number of rotatable bonds is 11. The highest BCUT2D eigenvalue weighted by molar-refractivity contribution is 7.92. The monoisotopic (exact) mass is 572 g/mol. The van der Waals surface area contributed by atoms with Crippen molar-refractivity contribution in [3.8, 4) is 17.0 Å². The molecule has 0 saturated carbocycles. The van der Waals surface area contributed by atoms with E-state index in [9.17, 15) is 8.42 Å². The molecule has 0 aliphatic rings. The van der Waals surface area contributed by atoms with Crippen LogP contribution in [0.3, 0.4) is 0 Å². The second-order valence-corrected chi connectivity index (χ2v) is 11.2. The highest BCUT2D eigenvalue weighted by Gasteiger charge is 2.25. The standard InChI is InChI=1S/C31H32N4O5S/c1-5-24-17-28(26-10-7-8-11-27(26)33-24)39-18-22-13-14-25(23(16-22)19-38-6-2)30-29(12-9-15-32-30)41(36,37)35-31-20(3)21(4)34-40-31/h7-17,35H,5-6,18-19H2,1-4H3. The molecule has 0 spiro atoms. The van der Waals surface area contributed by atoms with Crippen molar-refractivity contribution in [2.75, 3.05) is 11.3 Å². The van der Waals surface area contributed by atoms with E-state index in [-0.39, 0.29) is 17.4 Å². The van der Waals surface area contributed by atoms with Gasteiger partial charge in [0.15, 0.2) is 0 Å². The van der Waals surface area contributed by atoms with Gasteiger partial charge in [0.2, 0.25) is 5.88 Å². The van der Waals surface area contributed by atoms with Crippen LogP contribution in [0.4, 0.5) is 5.88 Å². The first kappa shape index (κ1) is 28.3. The molecule has 212 valence electrons. The van der Waals surface area contributed by atoms with E-state index in [4.69, 9.17) is 19.0 Å². The van der Waals surface area contributed by atoms with Gasteiger partial charge in [0.05, 0.1) is 23.5 Å². The third-order valence-corrected chi connectivity index (χ3v) is 8.18. The van der Waals surface area contributed by atoms with Crippen LogP contribution in [0.2, 0.25) is 0 Å². The van der Waals surface area contributed by atoms with E-state index >= 15 is 0 Å². The molecule has 9 nitrogen and oxygen atoms in total. The van der Waals surface area contributed by atoms with Crippen molar-refractivity contribution >= 4 is 26.8 Å². The average Bonchev–Trinajstić information content (AvgIpc) is 3.30. The minimum atomic E-state index is -4.04. The lowest BCUT2D eigenvalue weighted by atomic mass is 10.0. The van der Waals surface area contributed by atoms with Gasteiger partial charge in [-0.05, 0) is 68.7 Å². The van der Waals surface area contributed by atoms with Crippen molar-refractivity contribution in [2.45, 2.75) is 52.2 Å². The zero-order valence-corrected chi connectivity index (χ0v) is 24.3. The molecule has 0 amide bonds. The summed E-state index contributed by atoms with van der Waals surface area (Å²) in [5.74, 6) is 0.846. The number of nitrogens with one attached hydrogen (secondary N) is 1. The van der Waals surface area contributed by atoms with E-state index in [1.165, 1.54) is 6.07 Å². The van der Waals surface area contributed by atoms with Crippen molar-refractivity contribution in [3.05, 3.63) is 94.9 Å². The molecule has 0 unspecified atom stereocenters. The first-order valence-electron chi connectivity index (χ1n) is 13.4. The second-order valence-electron chi connectivity index (χ2n) is 9.58. The molecular formula is C31H32N4O5S. The summed E-state index contributed by atoms with van der Waals surface area (Å²) in [6.07, 6.45) is 2.37. The Bertz CT molecular complexity index is 1800. The molecular weight excluding hydrogens is 540 g/mol. The number of ether oxygens (including phenoxy) is 2. The molecule has 3 aromatic heterocycles. The first-order chi connectivity index (χ1) is 19.8. The number of nitrogens with zero attached hydrogens (tertiary/aromatic N) is 3. The number of hydrogen-bond acceptors (Lipinski definition) is 8. The van der Waals surface area contributed by atoms with Crippen LogP contribution in [0.1, 0.15) is 41.9 Å². The van der Waals surface area contributed by atoms with Crippen LogP contribution < -0.4 is 9.46 Å². The molecule has 0 saturated heterocycles. The van der Waals surface area contributed by atoms with Crippen molar-refractivity contribution in [1.82, 2.24) is 15.1 Å². The third kappa shape index (κ3) is 6.08. The molecule has 5 aromatic rings. The predicted octanol–water partition coefficient (Wildman–Crippen LogP) is 6.38. The Morgan fingerprint density at radius 3 is 2.56 bits per heavy atom. The molecule has 0 aliphatic carbocycles. The molecule has 0 radical (unpaired) electrons. The fourth-order valence-corrected chi connectivity index (χ4v) is 5.67. The van der Waals surface area contributed by atoms with Gasteiger partial charge in [-0.25, -0.2) is 13.1 Å². The van der Waals surface area contributed by atoms with Crippen molar-refractivity contribution in [1.29, 1.82) is 0 Å². The topological polar surface area (TPSA) is 116 Å². The predicted molar refractivity (Wildman–Crippen MR) is 157 cm³/mol. The Morgan fingerprint density at radius 1 is 0.976 bits per heavy atom. The fraction of sp³-hybridized carbons (Fsp3) is 0.258. The number of sulfonamides is 1. The van der Waals surface area contributed by atoms with Gasteiger partial charge in [0.1, 0.15) is 17.3 Å². The van der Waals surface area contributed by atoms with Gasteiger partial charge >= 0.3 is 0 Å². The number of fused-ring (bicyclic) bond motifs is 1. The van der Waals surface area contributed by atoms with Crippen LogP contribution in [-0.4, -0.2) is 30.1 Å². The number of para-hydroxylation sites is 1. The third-order valence-electron chi connectivity index (χ3n) is 6.82. The lowest BCUT2D eigenvalue weighted by molar-refractivity contribution is 0.134. The minimum absolute atomic E-state index is 0.0190. The molecule has 0 atom stereocenters. The van der Waals surface area contributed by atoms with Crippen LogP contribution in [0.5, 0.6) is 5.75 Å². The lowest BCUT2D eigenvalue weighted by Crippen LogP contribution is -2.15. The number of pyridine rings is 2. The van der Waals surface area contributed by atoms with Crippen LogP contribution in [0.15, 0.2) is 76.3 Å². The summed E-state index contributed by atoms with van der Waals surface area (Å²) in [4.78, 5) is 9.19. The number of hydrogen-bond donors (Lipinski definition) is 1. The van der Waals surface area contributed by atoms with E-state index in [0.717, 1.165) is 39.9 Å². The van der Waals surface area contributed by atoms with E-state index < -0.39 is 10.0 Å². The zero-order valence-electron chi connectivity index (χ0n) is 23.5. The van der Waals surface area contributed by atoms with Crippen LogP contribution >= 0.6 is 0 Å². The zero-order chi connectivity index (χ0) is 29.0. The molecule has 2 aromatic carbocycles. The molecule has 0 aliphatic heterocycles. The van der Waals surface area contributed by atoms with Gasteiger partial charge in [0, 0.05) is 41.1 Å². The maximum atomic E-state index is 13.5. The summed E-state index contributed by atoms with van der Waals surface area (Å²) in [6, 6.07) is 18.7. The quantitative estimate of drug-likeness (QED) is 0.194. The maximum absolute atomic E-state index is 13.5. The molecule has 3 heterocycles. The Balaban J connectivity index is 1.48. The van der Waals surface area contributed by atoms with Gasteiger partial charge in [-0.1, -0.05) is 36.3 Å². The van der Waals surface area contributed by atoms with Gasteiger partial charge in [0.25, 0.3) is 10.0 Å². The fourth-order valence-electron chi connectivity index (χ4n) is 4.45. The van der Waals surface area contributed by atoms with Crippen molar-refractivity contribution in [3.63, 3.8) is 0 Å². The minimum Gasteiger partial charge on any atom is -0.488 e. The van der Waals surface area contributed by atoms with Gasteiger partial charge in [-0.3, -0.25) is 9.97 Å². The Labute approximate surface area is 239 Å². The van der Waals surface area contributed by atoms with Gasteiger partial charge in [-0.2, -0.15) is 0 Å². The lowest BCUT2D eigenvalue weighted by Gasteiger charge is -2.16. The molecule has 1 N–H and O–H groups in total. The summed E-state index contributed by atoms with van der Waals surface area (Å²) in [5, 5.41) is 4.80. The highest BCUT2D eigenvalue weighted by Crippen LogP contribution is 2.32. The van der Waals surface area contributed by atoms with E-state index in [2.05, 4.69) is 21.8 Å². The Hall–Kier alpha value is -4.28. The SMILES string of the molecule is CCOCc1cc(COc2cc(CC)nc3ccccc23)ccc1-c1ncccc1S(=O)(=O)Nc1onc(C)c1C. The average molecular weight is 573 g/mol. The number of aromatic nitrogens is 3. The summed E-state index contributed by atoms with van der Waals surface area (Å²) < 4.78 is 46.7. The summed E-state index contributed by atoms with van der Waals surface area (Å²) in [5.41, 5.74) is 5.74. The van der Waals surface area contributed by atoms with Crippen molar-refractivity contribution < 1.29 is 22.4 Å². The van der Waals surface area contributed by atoms with Gasteiger partial charge in [-0.15, -0.1) is 0 Å². The Kier molecular flexibility index (Phi) is 8.32. The van der Waals surface area contributed by atoms with E-state index in [0.29, 0.717) is 35.7 Å². The molecule has 0 bridgehead atoms. The second kappa shape index (κ2) is 12.1. The van der Waals surface area contributed by atoms with Crippen LogP contribution in [0, 0.1) is 13.8 Å². The molecule has 5 rings (SSSR count). The smallest absolute Gasteiger partial charge is 0.266 e. The van der Waals surface area contributed by atoms with Crippen molar-refractivity contribution in [2.24, 2.45) is 0 Å².